The van der Waals surface area contributed by atoms with Crippen molar-refractivity contribution in [1.29, 1.82) is 0 Å². The maximum absolute atomic E-state index is 11.7. The summed E-state index contributed by atoms with van der Waals surface area (Å²) in [6.07, 6.45) is 1.57. The van der Waals surface area contributed by atoms with Gasteiger partial charge in [0.05, 0.1) is 0 Å². The molecule has 0 unspecified atom stereocenters. The monoisotopic (exact) mass is 341 g/mol. The topological polar surface area (TPSA) is 75.6 Å². The van der Waals surface area contributed by atoms with Crippen LogP contribution in [0.15, 0.2) is 54.6 Å². The van der Waals surface area contributed by atoms with Crippen LogP contribution in [-0.4, -0.2) is 17.0 Å². The van der Waals surface area contributed by atoms with Crippen molar-refractivity contribution in [2.24, 2.45) is 0 Å². The molecule has 0 atom stereocenters. The highest BCUT2D eigenvalue weighted by Gasteiger charge is 2.03. The molecule has 0 aromatic heterocycles. The zero-order chi connectivity index (χ0) is 17.9. The van der Waals surface area contributed by atoms with E-state index >= 15 is 0 Å². The van der Waals surface area contributed by atoms with Crippen molar-refractivity contribution in [3.8, 4) is 5.75 Å². The second-order valence-electron chi connectivity index (χ2n) is 5.80. The molecule has 0 aliphatic carbocycles. The molecule has 132 valence electrons. The second kappa shape index (κ2) is 10.1. The lowest BCUT2D eigenvalue weighted by atomic mass is 10.1. The molecule has 2 aromatic rings. The number of aliphatic carboxylic acids is 1. The Hall–Kier alpha value is -2.82. The minimum atomic E-state index is -0.824. The summed E-state index contributed by atoms with van der Waals surface area (Å²) < 4.78 is 5.72. The number of ether oxygens (including phenoxy) is 1. The van der Waals surface area contributed by atoms with Crippen molar-refractivity contribution in [3.63, 3.8) is 0 Å². The van der Waals surface area contributed by atoms with Crippen LogP contribution in [0.5, 0.6) is 5.75 Å². The molecule has 2 aromatic carbocycles. The molecule has 0 spiro atoms. The number of carbonyl (C=O) groups excluding carboxylic acids is 1. The molecule has 0 aliphatic rings. The number of carboxylic acids is 1. The summed E-state index contributed by atoms with van der Waals surface area (Å²) in [5.41, 5.74) is 2.10. The van der Waals surface area contributed by atoms with Crippen molar-refractivity contribution in [1.82, 2.24) is 5.32 Å². The Labute approximate surface area is 147 Å². The Balaban J connectivity index is 1.67. The van der Waals surface area contributed by atoms with E-state index < -0.39 is 5.97 Å². The van der Waals surface area contributed by atoms with Crippen LogP contribution in [0.3, 0.4) is 0 Å². The highest BCUT2D eigenvalue weighted by molar-refractivity contribution is 5.75. The van der Waals surface area contributed by atoms with Crippen LogP contribution in [0.2, 0.25) is 0 Å². The van der Waals surface area contributed by atoms with Crippen LogP contribution >= 0.6 is 0 Å². The molecule has 25 heavy (non-hydrogen) atoms. The molecular formula is C20H23NO4. The molecule has 2 rings (SSSR count). The van der Waals surface area contributed by atoms with E-state index in [0.29, 0.717) is 32.4 Å². The number of carboxylic acid groups (broad SMARTS) is 1. The predicted molar refractivity (Wildman–Crippen MR) is 95.2 cm³/mol. The van der Waals surface area contributed by atoms with Crippen LogP contribution in [0.1, 0.15) is 36.8 Å². The lowest BCUT2D eigenvalue weighted by molar-refractivity contribution is -0.137. The highest BCUT2D eigenvalue weighted by Crippen LogP contribution is 2.14. The van der Waals surface area contributed by atoms with Crippen LogP contribution in [0.25, 0.3) is 0 Å². The summed E-state index contributed by atoms with van der Waals surface area (Å²) in [4.78, 5) is 22.1. The lowest BCUT2D eigenvalue weighted by Gasteiger charge is -2.08. The van der Waals surface area contributed by atoms with Gasteiger partial charge in [-0.3, -0.25) is 9.59 Å². The molecule has 0 radical (unpaired) electrons. The molecule has 5 heteroatoms. The van der Waals surface area contributed by atoms with Gasteiger partial charge < -0.3 is 15.2 Å². The maximum atomic E-state index is 11.7. The summed E-state index contributed by atoms with van der Waals surface area (Å²) in [6.45, 7) is 0.976. The van der Waals surface area contributed by atoms with E-state index in [9.17, 15) is 9.59 Å². The largest absolute Gasteiger partial charge is 0.489 e. The quantitative estimate of drug-likeness (QED) is 0.648. The Morgan fingerprint density at radius 3 is 2.24 bits per heavy atom. The average Bonchev–Trinajstić information content (AvgIpc) is 2.63. The number of carbonyl (C=O) groups is 2. The Morgan fingerprint density at radius 1 is 0.880 bits per heavy atom. The van der Waals surface area contributed by atoms with Gasteiger partial charge in [-0.2, -0.15) is 0 Å². The standard InChI is InChI=1S/C20H23NO4/c22-19(8-4-5-9-20(23)24)21-14-16-10-12-18(13-11-16)25-15-17-6-2-1-3-7-17/h1-3,6-7,10-13H,4-5,8-9,14-15H2,(H,21,22)(H,23,24). The van der Waals surface area contributed by atoms with Gasteiger partial charge in [0.15, 0.2) is 0 Å². The molecule has 0 heterocycles. The van der Waals surface area contributed by atoms with Crippen molar-refractivity contribution in [2.75, 3.05) is 0 Å². The van der Waals surface area contributed by atoms with Gasteiger partial charge in [0, 0.05) is 19.4 Å². The summed E-state index contributed by atoms with van der Waals surface area (Å²) in [5.74, 6) is -0.0997. The van der Waals surface area contributed by atoms with Gasteiger partial charge >= 0.3 is 5.97 Å². The predicted octanol–water partition coefficient (Wildman–Crippen LogP) is 3.53. The third kappa shape index (κ3) is 7.52. The first-order chi connectivity index (χ1) is 12.1. The molecule has 0 saturated carbocycles. The number of nitrogens with one attached hydrogen (secondary N) is 1. The second-order valence-corrected chi connectivity index (χ2v) is 5.80. The van der Waals surface area contributed by atoms with Crippen LogP contribution in [-0.2, 0) is 22.7 Å². The van der Waals surface area contributed by atoms with Gasteiger partial charge in [-0.05, 0) is 36.1 Å². The van der Waals surface area contributed by atoms with Crippen molar-refractivity contribution in [3.05, 3.63) is 65.7 Å². The molecule has 0 bridgehead atoms. The van der Waals surface area contributed by atoms with E-state index in [2.05, 4.69) is 5.32 Å². The highest BCUT2D eigenvalue weighted by atomic mass is 16.5. The first kappa shape index (κ1) is 18.5. The fourth-order valence-electron chi connectivity index (χ4n) is 2.30. The molecule has 0 fully saturated rings. The first-order valence-corrected chi connectivity index (χ1v) is 8.37. The third-order valence-electron chi connectivity index (χ3n) is 3.71. The van der Waals surface area contributed by atoms with Gasteiger partial charge in [0.2, 0.25) is 5.91 Å². The first-order valence-electron chi connectivity index (χ1n) is 8.37. The van der Waals surface area contributed by atoms with E-state index in [0.717, 1.165) is 16.9 Å². The van der Waals surface area contributed by atoms with Crippen molar-refractivity contribution >= 4 is 11.9 Å². The maximum Gasteiger partial charge on any atom is 0.303 e. The molecule has 0 aliphatic heterocycles. The van der Waals surface area contributed by atoms with Gasteiger partial charge in [-0.1, -0.05) is 42.5 Å². The van der Waals surface area contributed by atoms with Crippen LogP contribution < -0.4 is 10.1 Å². The number of amides is 1. The molecular weight excluding hydrogens is 318 g/mol. The van der Waals surface area contributed by atoms with Gasteiger partial charge in [-0.25, -0.2) is 0 Å². The van der Waals surface area contributed by atoms with Crippen molar-refractivity contribution < 1.29 is 19.4 Å². The third-order valence-corrected chi connectivity index (χ3v) is 3.71. The van der Waals surface area contributed by atoms with E-state index in [1.54, 1.807) is 0 Å². The fourth-order valence-corrected chi connectivity index (χ4v) is 2.30. The summed E-state index contributed by atoms with van der Waals surface area (Å²) in [7, 11) is 0. The molecule has 2 N–H and O–H groups in total. The van der Waals surface area contributed by atoms with E-state index in [1.165, 1.54) is 0 Å². The smallest absolute Gasteiger partial charge is 0.303 e. The molecule has 1 amide bonds. The molecule has 0 saturated heterocycles. The Kier molecular flexibility index (Phi) is 7.50. The van der Waals surface area contributed by atoms with E-state index in [4.69, 9.17) is 9.84 Å². The summed E-state index contributed by atoms with van der Waals surface area (Å²) in [5, 5.41) is 11.4. The summed E-state index contributed by atoms with van der Waals surface area (Å²) in [6, 6.07) is 17.6. The average molecular weight is 341 g/mol. The normalized spacial score (nSPS) is 10.2. The zero-order valence-electron chi connectivity index (χ0n) is 14.1. The zero-order valence-corrected chi connectivity index (χ0v) is 14.1. The Bertz CT molecular complexity index is 668. The lowest BCUT2D eigenvalue weighted by Crippen LogP contribution is -2.22. The fraction of sp³-hybridized carbons (Fsp3) is 0.300. The summed E-state index contributed by atoms with van der Waals surface area (Å²) >= 11 is 0. The minimum absolute atomic E-state index is 0.0604. The number of hydrogen-bond donors (Lipinski definition) is 2. The van der Waals surface area contributed by atoms with Crippen LogP contribution in [0, 0.1) is 0 Å². The number of hydrogen-bond acceptors (Lipinski definition) is 3. The van der Waals surface area contributed by atoms with Crippen molar-refractivity contribution in [2.45, 2.75) is 38.8 Å². The van der Waals surface area contributed by atoms with Gasteiger partial charge in [0.1, 0.15) is 12.4 Å². The van der Waals surface area contributed by atoms with Crippen LogP contribution in [0.4, 0.5) is 0 Å². The number of benzene rings is 2. The minimum Gasteiger partial charge on any atom is -0.489 e. The number of rotatable bonds is 10. The van der Waals surface area contributed by atoms with E-state index in [1.807, 2.05) is 54.6 Å². The van der Waals surface area contributed by atoms with Gasteiger partial charge in [0.25, 0.3) is 0 Å². The van der Waals surface area contributed by atoms with Gasteiger partial charge in [-0.15, -0.1) is 0 Å². The SMILES string of the molecule is O=C(O)CCCCC(=O)NCc1ccc(OCc2ccccc2)cc1. The number of unbranched alkanes of at least 4 members (excludes halogenated alkanes) is 1. The van der Waals surface area contributed by atoms with E-state index in [-0.39, 0.29) is 12.3 Å². The molecule has 5 nitrogen and oxygen atoms in total. The Morgan fingerprint density at radius 2 is 1.56 bits per heavy atom.